The van der Waals surface area contributed by atoms with E-state index in [1.807, 2.05) is 25.3 Å². The summed E-state index contributed by atoms with van der Waals surface area (Å²) >= 11 is 0. The lowest BCUT2D eigenvalue weighted by Crippen LogP contribution is -2.44. The Hall–Kier alpha value is -1.62. The van der Waals surface area contributed by atoms with E-state index in [1.165, 1.54) is 5.56 Å². The first kappa shape index (κ1) is 12.8. The van der Waals surface area contributed by atoms with Crippen molar-refractivity contribution >= 4 is 11.6 Å². The Labute approximate surface area is 108 Å². The molecule has 0 aromatic carbocycles. The van der Waals surface area contributed by atoms with Crippen molar-refractivity contribution in [3.05, 3.63) is 23.9 Å². The van der Waals surface area contributed by atoms with Gasteiger partial charge in [-0.25, -0.2) is 4.52 Å². The van der Waals surface area contributed by atoms with Crippen LogP contribution in [0, 0.1) is 6.92 Å². The van der Waals surface area contributed by atoms with Crippen LogP contribution in [-0.2, 0) is 0 Å². The van der Waals surface area contributed by atoms with E-state index in [-0.39, 0.29) is 5.54 Å². The Morgan fingerprint density at radius 2 is 2.06 bits per heavy atom. The fraction of sp³-hybridized carbons (Fsp3) is 0.538. The van der Waals surface area contributed by atoms with Gasteiger partial charge >= 0.3 is 0 Å². The van der Waals surface area contributed by atoms with Crippen LogP contribution in [0.3, 0.4) is 0 Å². The molecule has 0 aliphatic heterocycles. The molecule has 0 radical (unpaired) electrons. The predicted octanol–water partition coefficient (Wildman–Crippen LogP) is 1.79. The molecule has 0 saturated carbocycles. The highest BCUT2D eigenvalue weighted by Crippen LogP contribution is 2.12. The molecule has 0 spiro atoms. The van der Waals surface area contributed by atoms with Crippen molar-refractivity contribution < 1.29 is 0 Å². The number of anilines is 1. The molecule has 5 heteroatoms. The number of hydrogen-bond acceptors (Lipinski definition) is 4. The molecule has 98 valence electrons. The average Bonchev–Trinajstić information content (AvgIpc) is 2.68. The summed E-state index contributed by atoms with van der Waals surface area (Å²) in [5.74, 6) is 0.676. The summed E-state index contributed by atoms with van der Waals surface area (Å²) in [5, 5.41) is 7.70. The molecular weight excluding hydrogens is 226 g/mol. The van der Waals surface area contributed by atoms with Crippen molar-refractivity contribution in [2.24, 2.45) is 0 Å². The summed E-state index contributed by atoms with van der Waals surface area (Å²) in [6.45, 7) is 7.21. The third-order valence-corrected chi connectivity index (χ3v) is 3.37. The summed E-state index contributed by atoms with van der Waals surface area (Å²) in [4.78, 5) is 6.62. The van der Waals surface area contributed by atoms with Crippen LogP contribution in [-0.4, -0.2) is 45.7 Å². The molecule has 0 fully saturated rings. The quantitative estimate of drug-likeness (QED) is 0.894. The molecule has 0 atom stereocenters. The predicted molar refractivity (Wildman–Crippen MR) is 74.0 cm³/mol. The molecule has 0 unspecified atom stereocenters. The molecule has 0 amide bonds. The Balaban J connectivity index is 2.13. The third-order valence-electron chi connectivity index (χ3n) is 3.37. The summed E-state index contributed by atoms with van der Waals surface area (Å²) in [6, 6.07) is 4.02. The monoisotopic (exact) mass is 247 g/mol. The molecule has 1 N–H and O–H groups in total. The van der Waals surface area contributed by atoms with E-state index in [0.29, 0.717) is 5.95 Å². The van der Waals surface area contributed by atoms with E-state index < -0.39 is 0 Å². The highest BCUT2D eigenvalue weighted by Gasteiger charge is 2.20. The molecule has 0 bridgehead atoms. The summed E-state index contributed by atoms with van der Waals surface area (Å²) in [5.41, 5.74) is 2.10. The van der Waals surface area contributed by atoms with Gasteiger partial charge in [0.15, 0.2) is 5.65 Å². The minimum Gasteiger partial charge on any atom is -0.351 e. The number of aryl methyl sites for hydroxylation is 1. The minimum atomic E-state index is 0.0629. The number of rotatable bonds is 4. The molecule has 2 aromatic rings. The van der Waals surface area contributed by atoms with Crippen molar-refractivity contribution in [2.45, 2.75) is 26.3 Å². The highest BCUT2D eigenvalue weighted by atomic mass is 15.3. The Morgan fingerprint density at radius 3 is 2.72 bits per heavy atom. The van der Waals surface area contributed by atoms with Gasteiger partial charge in [-0.3, -0.25) is 0 Å². The van der Waals surface area contributed by atoms with Gasteiger partial charge in [0.25, 0.3) is 0 Å². The van der Waals surface area contributed by atoms with Gasteiger partial charge in [0, 0.05) is 18.3 Å². The molecule has 2 aromatic heterocycles. The molecule has 2 rings (SSSR count). The topological polar surface area (TPSA) is 45.5 Å². The van der Waals surface area contributed by atoms with E-state index in [2.05, 4.69) is 48.2 Å². The Bertz CT molecular complexity index is 541. The number of nitrogens with one attached hydrogen (secondary N) is 1. The van der Waals surface area contributed by atoms with Gasteiger partial charge in [0.2, 0.25) is 5.95 Å². The molecular formula is C13H21N5. The van der Waals surface area contributed by atoms with Crippen molar-refractivity contribution in [1.29, 1.82) is 0 Å². The lowest BCUT2D eigenvalue weighted by atomic mass is 10.1. The first-order chi connectivity index (χ1) is 8.38. The van der Waals surface area contributed by atoms with Gasteiger partial charge in [-0.05, 0) is 46.5 Å². The first-order valence-electron chi connectivity index (χ1n) is 6.13. The zero-order valence-electron chi connectivity index (χ0n) is 11.7. The second kappa shape index (κ2) is 4.57. The van der Waals surface area contributed by atoms with Gasteiger partial charge in [-0.1, -0.05) is 6.07 Å². The van der Waals surface area contributed by atoms with Crippen LogP contribution in [0.15, 0.2) is 18.3 Å². The second-order valence-corrected chi connectivity index (χ2v) is 5.51. The molecule has 5 nitrogen and oxygen atoms in total. The van der Waals surface area contributed by atoms with Crippen LogP contribution < -0.4 is 5.32 Å². The van der Waals surface area contributed by atoms with Gasteiger partial charge in [-0.15, -0.1) is 5.10 Å². The lowest BCUT2D eigenvalue weighted by molar-refractivity contribution is 0.210. The summed E-state index contributed by atoms with van der Waals surface area (Å²) in [7, 11) is 4.14. The number of pyridine rings is 1. The zero-order valence-corrected chi connectivity index (χ0v) is 11.7. The van der Waals surface area contributed by atoms with Crippen molar-refractivity contribution in [3.8, 4) is 0 Å². The summed E-state index contributed by atoms with van der Waals surface area (Å²) < 4.78 is 1.81. The maximum absolute atomic E-state index is 4.44. The molecule has 2 heterocycles. The normalized spacial score (nSPS) is 12.3. The van der Waals surface area contributed by atoms with Crippen LogP contribution in [0.25, 0.3) is 5.65 Å². The van der Waals surface area contributed by atoms with Gasteiger partial charge in [0.1, 0.15) is 0 Å². The van der Waals surface area contributed by atoms with Gasteiger partial charge in [-0.2, -0.15) is 4.98 Å². The van der Waals surface area contributed by atoms with E-state index in [4.69, 9.17) is 0 Å². The molecule has 0 aliphatic carbocycles. The smallest absolute Gasteiger partial charge is 0.243 e. The fourth-order valence-corrected chi connectivity index (χ4v) is 1.51. The lowest BCUT2D eigenvalue weighted by Gasteiger charge is -2.32. The SMILES string of the molecule is Cc1ccc2nc(NCC(C)(C)N(C)C)nn2c1. The highest BCUT2D eigenvalue weighted by molar-refractivity contribution is 5.44. The number of hydrogen-bond donors (Lipinski definition) is 1. The van der Waals surface area contributed by atoms with E-state index in [9.17, 15) is 0 Å². The van der Waals surface area contributed by atoms with Crippen molar-refractivity contribution in [1.82, 2.24) is 19.5 Å². The minimum absolute atomic E-state index is 0.0629. The van der Waals surface area contributed by atoms with Crippen molar-refractivity contribution in [2.75, 3.05) is 26.0 Å². The summed E-state index contributed by atoms with van der Waals surface area (Å²) in [6.07, 6.45) is 1.98. The third kappa shape index (κ3) is 2.61. The van der Waals surface area contributed by atoms with Gasteiger partial charge < -0.3 is 10.2 Å². The van der Waals surface area contributed by atoms with Crippen molar-refractivity contribution in [3.63, 3.8) is 0 Å². The number of aromatic nitrogens is 3. The number of likely N-dealkylation sites (N-methyl/N-ethyl adjacent to an activating group) is 1. The number of nitrogens with zero attached hydrogens (tertiary/aromatic N) is 4. The van der Waals surface area contributed by atoms with Crippen LogP contribution >= 0.6 is 0 Å². The largest absolute Gasteiger partial charge is 0.351 e. The standard InChI is InChI=1S/C13H21N5/c1-10-6-7-11-15-12(16-18(11)8-10)14-9-13(2,3)17(4)5/h6-8H,9H2,1-5H3,(H,14,16). The second-order valence-electron chi connectivity index (χ2n) is 5.51. The first-order valence-corrected chi connectivity index (χ1v) is 6.13. The van der Waals surface area contributed by atoms with E-state index >= 15 is 0 Å². The van der Waals surface area contributed by atoms with Gasteiger partial charge in [0.05, 0.1) is 0 Å². The maximum atomic E-state index is 4.44. The number of fused-ring (bicyclic) bond motifs is 1. The molecule has 0 saturated heterocycles. The maximum Gasteiger partial charge on any atom is 0.243 e. The zero-order chi connectivity index (χ0) is 13.3. The average molecular weight is 247 g/mol. The van der Waals surface area contributed by atoms with Crippen LogP contribution in [0.5, 0.6) is 0 Å². The fourth-order valence-electron chi connectivity index (χ4n) is 1.51. The van der Waals surface area contributed by atoms with Crippen LogP contribution in [0.1, 0.15) is 19.4 Å². The Morgan fingerprint density at radius 1 is 1.33 bits per heavy atom. The van der Waals surface area contributed by atoms with Crippen LogP contribution in [0.2, 0.25) is 0 Å². The Kier molecular flexibility index (Phi) is 3.26. The molecule has 0 aliphatic rings. The molecule has 18 heavy (non-hydrogen) atoms. The van der Waals surface area contributed by atoms with Crippen LogP contribution in [0.4, 0.5) is 5.95 Å². The van der Waals surface area contributed by atoms with E-state index in [0.717, 1.165) is 12.2 Å². The van der Waals surface area contributed by atoms with E-state index in [1.54, 1.807) is 4.52 Å².